The Kier molecular flexibility index (Phi) is 31.1. The highest BCUT2D eigenvalue weighted by atomic mass is 16.6. The highest BCUT2D eigenvalue weighted by Crippen LogP contribution is 2.27. The van der Waals surface area contributed by atoms with Gasteiger partial charge >= 0.3 is 18.2 Å². The lowest BCUT2D eigenvalue weighted by Gasteiger charge is -2.40. The van der Waals surface area contributed by atoms with Gasteiger partial charge in [0.2, 0.25) is 17.7 Å². The lowest BCUT2D eigenvalue weighted by atomic mass is 9.93. The van der Waals surface area contributed by atoms with E-state index in [1.165, 1.54) is 33.6 Å². The molecule has 88 heavy (non-hydrogen) atoms. The minimum Gasteiger partial charge on any atom is -0.481 e. The molecule has 0 bridgehead atoms. The number of hydrogen-bond donors (Lipinski definition) is 4. The monoisotopic (exact) mass is 1210 g/mol. The van der Waals surface area contributed by atoms with Gasteiger partial charge in [-0.25, -0.2) is 9.59 Å². The summed E-state index contributed by atoms with van der Waals surface area (Å²) in [7, 11) is 0. The van der Waals surface area contributed by atoms with Crippen molar-refractivity contribution in [2.45, 2.75) is 226 Å². The van der Waals surface area contributed by atoms with Crippen LogP contribution in [0.2, 0.25) is 0 Å². The number of carbonyl (C=O) groups is 6. The molecular weight excluding hydrogens is 1100 g/mol. The molecule has 5 amide bonds. The van der Waals surface area contributed by atoms with Crippen molar-refractivity contribution in [2.75, 3.05) is 39.3 Å². The summed E-state index contributed by atoms with van der Waals surface area (Å²) in [5.74, 6) is -1.43. The summed E-state index contributed by atoms with van der Waals surface area (Å²) in [4.78, 5) is 80.5. The second-order valence-electron chi connectivity index (χ2n) is 26.3. The Labute approximate surface area is 527 Å². The minimum atomic E-state index is -0.840. The molecule has 4 aliphatic rings. The number of nitrogens with one attached hydrogen (secondary N) is 3. The highest BCUT2D eigenvalue weighted by Gasteiger charge is 2.39. The number of carbonyl (C=O) groups excluding carboxylic acids is 5. The van der Waals surface area contributed by atoms with Crippen molar-refractivity contribution in [2.24, 2.45) is 11.8 Å². The van der Waals surface area contributed by atoms with Gasteiger partial charge in [-0.2, -0.15) is 0 Å². The smallest absolute Gasteiger partial charge is 0.410 e. The summed E-state index contributed by atoms with van der Waals surface area (Å²) >= 11 is 0. The summed E-state index contributed by atoms with van der Waals surface area (Å²) in [6, 6.07) is 42.1. The number of carboxylic acids is 1. The standard InChI is InChI=1S/C36H51N3O4.C25H34N2O.C11H19NO4.CH4/c1-36(2,3)43-35(42)38-25-14-21-30(27-38)34(41)39-26-11-10-24-32(39)33(40)37-31(22-12-19-28-15-6-4-7-16-28)23-13-20-29-17-8-5-9-18-29;28-25(24-19-7-8-20-26-24)27-23(17-9-15-21-11-3-1-4-12-21)18-10-16-22-13-5-2-6-14-22;1-11(2,3)16-10(15)12-6-4-5-8(7-12)9(13)14;/h4-9,15-18,30-32H,10-14,19-27H2,1-3H3,(H,37,40);1-6,11-14,23-24,26H,7-10,15-20H2,(H,27,28);8H,4-7H2,1-3H3,(H,13,14);1H4. The van der Waals surface area contributed by atoms with Crippen LogP contribution in [0, 0.1) is 11.8 Å². The molecule has 4 unspecified atom stereocenters. The number of aryl methyl sites for hydroxylation is 4. The van der Waals surface area contributed by atoms with Gasteiger partial charge in [-0.05, 0) is 205 Å². The van der Waals surface area contributed by atoms with Crippen LogP contribution >= 0.6 is 0 Å². The topological polar surface area (TPSA) is 187 Å². The van der Waals surface area contributed by atoms with E-state index in [2.05, 4.69) is 125 Å². The lowest BCUT2D eigenvalue weighted by molar-refractivity contribution is -0.147. The van der Waals surface area contributed by atoms with Crippen molar-refractivity contribution in [1.82, 2.24) is 30.7 Å². The van der Waals surface area contributed by atoms with Crippen LogP contribution in [0.5, 0.6) is 0 Å². The van der Waals surface area contributed by atoms with Crippen LogP contribution in [0.1, 0.15) is 187 Å². The zero-order valence-electron chi connectivity index (χ0n) is 53.4. The zero-order valence-corrected chi connectivity index (χ0v) is 53.4. The van der Waals surface area contributed by atoms with E-state index in [0.717, 1.165) is 129 Å². The Morgan fingerprint density at radius 1 is 0.500 bits per heavy atom. The average Bonchev–Trinajstić information content (AvgIpc) is 3.06. The summed E-state index contributed by atoms with van der Waals surface area (Å²) in [6.07, 6.45) is 20.1. The van der Waals surface area contributed by atoms with Crippen molar-refractivity contribution in [3.63, 3.8) is 0 Å². The van der Waals surface area contributed by atoms with Crippen LogP contribution in [-0.2, 0) is 54.3 Å². The van der Waals surface area contributed by atoms with Crippen LogP contribution in [-0.4, -0.2) is 130 Å². The fourth-order valence-corrected chi connectivity index (χ4v) is 12.1. The van der Waals surface area contributed by atoms with Gasteiger partial charge in [0.05, 0.1) is 17.9 Å². The molecule has 4 aromatic carbocycles. The number of rotatable bonds is 22. The third-order valence-electron chi connectivity index (χ3n) is 16.7. The first-order valence-corrected chi connectivity index (χ1v) is 32.8. The molecule has 4 saturated heterocycles. The largest absolute Gasteiger partial charge is 0.481 e. The Morgan fingerprint density at radius 2 is 0.886 bits per heavy atom. The fourth-order valence-electron chi connectivity index (χ4n) is 12.1. The van der Waals surface area contributed by atoms with Gasteiger partial charge in [-0.3, -0.25) is 19.2 Å². The van der Waals surface area contributed by atoms with E-state index in [9.17, 15) is 28.8 Å². The van der Waals surface area contributed by atoms with E-state index in [0.29, 0.717) is 39.0 Å². The Balaban J connectivity index is 0.000000267. The number of aliphatic carboxylic acids is 1. The Hall–Kier alpha value is -6.74. The summed E-state index contributed by atoms with van der Waals surface area (Å²) in [5.41, 5.74) is 4.27. The molecule has 4 aromatic rings. The maximum absolute atomic E-state index is 13.8. The lowest BCUT2D eigenvalue weighted by Crippen LogP contribution is -2.56. The van der Waals surface area contributed by atoms with E-state index >= 15 is 0 Å². The molecule has 4 fully saturated rings. The van der Waals surface area contributed by atoms with E-state index in [1.54, 1.807) is 25.7 Å². The molecule has 0 spiro atoms. The third kappa shape index (κ3) is 26.9. The van der Waals surface area contributed by atoms with Crippen LogP contribution < -0.4 is 16.0 Å². The molecule has 4 atom stereocenters. The van der Waals surface area contributed by atoms with Gasteiger partial charge in [0.25, 0.3) is 0 Å². The molecule has 15 heteroatoms. The number of nitrogens with zero attached hydrogens (tertiary/aromatic N) is 3. The van der Waals surface area contributed by atoms with Crippen molar-refractivity contribution < 1.29 is 43.3 Å². The number of hydrogen-bond acceptors (Lipinski definition) is 9. The second-order valence-corrected chi connectivity index (χ2v) is 26.3. The SMILES string of the molecule is C.CC(C)(C)OC(=O)N1CCCC(C(=O)N2CCCCC2C(=O)NC(CCCc2ccccc2)CCCc2ccccc2)C1.CC(C)(C)OC(=O)N1CCCC(C(=O)O)C1.O=C(NC(CCCc1ccccc1)CCCc1ccccc1)C1CCCCN1. The molecule has 4 N–H and O–H groups in total. The molecule has 15 nitrogen and oxygen atoms in total. The predicted molar refractivity (Wildman–Crippen MR) is 352 cm³/mol. The first-order chi connectivity index (χ1) is 41.8. The van der Waals surface area contributed by atoms with E-state index < -0.39 is 35.2 Å². The molecule has 8 rings (SSSR count). The normalized spacial score (nSPS) is 18.7. The van der Waals surface area contributed by atoms with Crippen LogP contribution in [0.25, 0.3) is 0 Å². The van der Waals surface area contributed by atoms with Crippen molar-refractivity contribution in [1.29, 1.82) is 0 Å². The maximum atomic E-state index is 13.8. The number of carboxylic acid groups (broad SMARTS) is 1. The van der Waals surface area contributed by atoms with Crippen molar-refractivity contribution in [3.8, 4) is 0 Å². The summed E-state index contributed by atoms with van der Waals surface area (Å²) in [5, 5.41) is 19.0. The van der Waals surface area contributed by atoms with E-state index in [4.69, 9.17) is 14.6 Å². The quantitative estimate of drug-likeness (QED) is 0.0590. The third-order valence-corrected chi connectivity index (χ3v) is 16.7. The van der Waals surface area contributed by atoms with Gasteiger partial charge in [-0.15, -0.1) is 0 Å². The number of likely N-dealkylation sites (tertiary alicyclic amines) is 3. The molecule has 0 radical (unpaired) electrons. The molecule has 484 valence electrons. The molecular formula is C73H108N6O9. The van der Waals surface area contributed by atoms with Crippen molar-refractivity contribution >= 4 is 35.9 Å². The Bertz CT molecular complexity index is 2570. The van der Waals surface area contributed by atoms with Gasteiger partial charge in [0.15, 0.2) is 0 Å². The maximum Gasteiger partial charge on any atom is 0.410 e. The number of amides is 5. The zero-order chi connectivity index (χ0) is 62.4. The molecule has 0 saturated carbocycles. The molecule has 4 heterocycles. The first-order valence-electron chi connectivity index (χ1n) is 32.8. The second kappa shape index (κ2) is 38.0. The van der Waals surface area contributed by atoms with Crippen LogP contribution in [0.15, 0.2) is 121 Å². The van der Waals surface area contributed by atoms with Crippen LogP contribution in [0.3, 0.4) is 0 Å². The molecule has 0 aromatic heterocycles. The fraction of sp³-hybridized carbons (Fsp3) is 0.589. The Morgan fingerprint density at radius 3 is 1.27 bits per heavy atom. The number of piperidine rings is 4. The van der Waals surface area contributed by atoms with E-state index in [1.807, 2.05) is 37.8 Å². The average molecular weight is 1210 g/mol. The van der Waals surface area contributed by atoms with Gasteiger partial charge in [0.1, 0.15) is 17.2 Å². The number of benzene rings is 4. The highest BCUT2D eigenvalue weighted by molar-refractivity contribution is 5.89. The van der Waals surface area contributed by atoms with Gasteiger partial charge in [-0.1, -0.05) is 135 Å². The van der Waals surface area contributed by atoms with Gasteiger partial charge < -0.3 is 45.2 Å². The number of ether oxygens (including phenoxy) is 2. The van der Waals surface area contributed by atoms with Crippen molar-refractivity contribution in [3.05, 3.63) is 144 Å². The van der Waals surface area contributed by atoms with Gasteiger partial charge in [0, 0.05) is 44.8 Å². The molecule has 4 aliphatic heterocycles. The predicted octanol–water partition coefficient (Wildman–Crippen LogP) is 13.6. The first kappa shape index (κ1) is 72.0. The van der Waals surface area contributed by atoms with E-state index in [-0.39, 0.29) is 61.8 Å². The summed E-state index contributed by atoms with van der Waals surface area (Å²) in [6.45, 7) is 14.3. The molecule has 0 aliphatic carbocycles. The summed E-state index contributed by atoms with van der Waals surface area (Å²) < 4.78 is 10.8. The van der Waals surface area contributed by atoms with Crippen LogP contribution in [0.4, 0.5) is 9.59 Å². The minimum absolute atomic E-state index is 0.